The van der Waals surface area contributed by atoms with Gasteiger partial charge in [-0.3, -0.25) is 4.90 Å². The van der Waals surface area contributed by atoms with E-state index in [2.05, 4.69) is 4.98 Å². The molecule has 1 aromatic rings. The lowest BCUT2D eigenvalue weighted by Gasteiger charge is -2.24. The van der Waals surface area contributed by atoms with Crippen molar-refractivity contribution in [1.82, 2.24) is 9.88 Å². The second-order valence-corrected chi connectivity index (χ2v) is 4.34. The Labute approximate surface area is 84.6 Å². The third kappa shape index (κ3) is 3.47. The minimum atomic E-state index is -0.674. The molecule has 4 nitrogen and oxygen atoms in total. The monoisotopic (exact) mass is 198 g/mol. The molecule has 4 heteroatoms. The maximum Gasteiger partial charge on any atom is 0.181 e. The number of rotatable bonds is 4. The molecule has 1 heterocycles. The van der Waals surface area contributed by atoms with E-state index in [1.54, 1.807) is 13.8 Å². The average molecular weight is 198 g/mol. The van der Waals surface area contributed by atoms with Crippen molar-refractivity contribution in [3.05, 3.63) is 17.8 Å². The second kappa shape index (κ2) is 4.11. The standard InChI is InChI=1S/C10H18N2O2/c1-8-9(11-7-14-8)5-12(4)6-10(2,3)13/h7,13H,5-6H2,1-4H3. The Hall–Kier alpha value is -0.870. The third-order valence-electron chi connectivity index (χ3n) is 1.92. The highest BCUT2D eigenvalue weighted by atomic mass is 16.3. The molecule has 1 rings (SSSR count). The van der Waals surface area contributed by atoms with Crippen LogP contribution in [0.1, 0.15) is 25.3 Å². The van der Waals surface area contributed by atoms with E-state index < -0.39 is 5.60 Å². The molecule has 0 aliphatic heterocycles. The Bertz CT molecular complexity index is 289. The highest BCUT2D eigenvalue weighted by Gasteiger charge is 2.16. The first-order valence-corrected chi connectivity index (χ1v) is 4.68. The van der Waals surface area contributed by atoms with Gasteiger partial charge in [-0.25, -0.2) is 4.98 Å². The van der Waals surface area contributed by atoms with E-state index >= 15 is 0 Å². The Morgan fingerprint density at radius 3 is 2.64 bits per heavy atom. The lowest BCUT2D eigenvalue weighted by molar-refractivity contribution is 0.0421. The molecule has 1 N–H and O–H groups in total. The van der Waals surface area contributed by atoms with Gasteiger partial charge in [-0.05, 0) is 27.8 Å². The molecule has 0 aliphatic carbocycles. The first-order chi connectivity index (χ1) is 6.38. The smallest absolute Gasteiger partial charge is 0.181 e. The number of likely N-dealkylation sites (N-methyl/N-ethyl adjacent to an activating group) is 1. The second-order valence-electron chi connectivity index (χ2n) is 4.34. The van der Waals surface area contributed by atoms with Gasteiger partial charge >= 0.3 is 0 Å². The van der Waals surface area contributed by atoms with Crippen LogP contribution in [-0.2, 0) is 6.54 Å². The van der Waals surface area contributed by atoms with Gasteiger partial charge in [-0.15, -0.1) is 0 Å². The zero-order valence-electron chi connectivity index (χ0n) is 9.24. The molecule has 0 unspecified atom stereocenters. The van der Waals surface area contributed by atoms with Crippen LogP contribution in [0.25, 0.3) is 0 Å². The summed E-state index contributed by atoms with van der Waals surface area (Å²) in [5.41, 5.74) is 0.253. The van der Waals surface area contributed by atoms with E-state index in [4.69, 9.17) is 4.42 Å². The zero-order chi connectivity index (χ0) is 10.8. The van der Waals surface area contributed by atoms with Gasteiger partial charge < -0.3 is 9.52 Å². The van der Waals surface area contributed by atoms with Crippen molar-refractivity contribution in [2.75, 3.05) is 13.6 Å². The van der Waals surface area contributed by atoms with E-state index in [9.17, 15) is 5.11 Å². The molecule has 0 amide bonds. The molecule has 0 aliphatic rings. The molecule has 0 spiro atoms. The number of oxazole rings is 1. The fourth-order valence-electron chi connectivity index (χ4n) is 1.45. The van der Waals surface area contributed by atoms with Gasteiger partial charge in [0.25, 0.3) is 0 Å². The van der Waals surface area contributed by atoms with E-state index in [1.807, 2.05) is 18.9 Å². The minimum Gasteiger partial charge on any atom is -0.448 e. The molecule has 0 radical (unpaired) electrons. The molecular formula is C10H18N2O2. The lowest BCUT2D eigenvalue weighted by atomic mass is 10.1. The van der Waals surface area contributed by atoms with Crippen molar-refractivity contribution in [2.24, 2.45) is 0 Å². The zero-order valence-corrected chi connectivity index (χ0v) is 9.24. The molecule has 0 aromatic carbocycles. The largest absolute Gasteiger partial charge is 0.448 e. The highest BCUT2D eigenvalue weighted by Crippen LogP contribution is 2.10. The van der Waals surface area contributed by atoms with Crippen molar-refractivity contribution >= 4 is 0 Å². The van der Waals surface area contributed by atoms with Gasteiger partial charge in [0, 0.05) is 13.1 Å². The van der Waals surface area contributed by atoms with Gasteiger partial charge in [0.05, 0.1) is 11.3 Å². The number of hydrogen-bond acceptors (Lipinski definition) is 4. The van der Waals surface area contributed by atoms with Crippen LogP contribution in [0.5, 0.6) is 0 Å². The molecule has 14 heavy (non-hydrogen) atoms. The first kappa shape index (κ1) is 11.2. The lowest BCUT2D eigenvalue weighted by Crippen LogP contribution is -2.36. The van der Waals surface area contributed by atoms with Crippen LogP contribution in [0.2, 0.25) is 0 Å². The number of aromatic nitrogens is 1. The summed E-state index contributed by atoms with van der Waals surface area (Å²) < 4.78 is 5.10. The van der Waals surface area contributed by atoms with E-state index in [1.165, 1.54) is 6.39 Å². The Balaban J connectivity index is 2.50. The fraction of sp³-hybridized carbons (Fsp3) is 0.700. The summed E-state index contributed by atoms with van der Waals surface area (Å²) in [6.45, 7) is 6.78. The number of nitrogens with zero attached hydrogens (tertiary/aromatic N) is 2. The number of aliphatic hydroxyl groups is 1. The normalized spacial score (nSPS) is 12.4. The van der Waals surface area contributed by atoms with Crippen LogP contribution in [0.15, 0.2) is 10.8 Å². The molecule has 0 fully saturated rings. The van der Waals surface area contributed by atoms with Crippen LogP contribution >= 0.6 is 0 Å². The van der Waals surface area contributed by atoms with Crippen LogP contribution in [0.4, 0.5) is 0 Å². The summed E-state index contributed by atoms with van der Waals surface area (Å²) in [7, 11) is 1.95. The minimum absolute atomic E-state index is 0.610. The van der Waals surface area contributed by atoms with Crippen LogP contribution in [0.3, 0.4) is 0 Å². The summed E-state index contributed by atoms with van der Waals surface area (Å²) in [6, 6.07) is 0. The van der Waals surface area contributed by atoms with Crippen molar-refractivity contribution in [2.45, 2.75) is 32.9 Å². The van der Waals surface area contributed by atoms with Crippen molar-refractivity contribution in [1.29, 1.82) is 0 Å². The molecule has 0 atom stereocenters. The van der Waals surface area contributed by atoms with Crippen molar-refractivity contribution < 1.29 is 9.52 Å². The Kier molecular flexibility index (Phi) is 3.29. The third-order valence-corrected chi connectivity index (χ3v) is 1.92. The van der Waals surface area contributed by atoms with Gasteiger partial charge in [-0.1, -0.05) is 0 Å². The number of aryl methyl sites for hydroxylation is 1. The summed E-state index contributed by atoms with van der Waals surface area (Å²) >= 11 is 0. The quantitative estimate of drug-likeness (QED) is 0.789. The van der Waals surface area contributed by atoms with Crippen LogP contribution in [0, 0.1) is 6.92 Å². The summed E-state index contributed by atoms with van der Waals surface area (Å²) in [4.78, 5) is 6.11. The maximum absolute atomic E-state index is 9.60. The van der Waals surface area contributed by atoms with E-state index in [0.29, 0.717) is 13.1 Å². The number of hydrogen-bond donors (Lipinski definition) is 1. The molecule has 0 saturated carbocycles. The fourth-order valence-corrected chi connectivity index (χ4v) is 1.45. The Morgan fingerprint density at radius 2 is 2.21 bits per heavy atom. The summed E-state index contributed by atoms with van der Waals surface area (Å²) in [5.74, 6) is 0.840. The highest BCUT2D eigenvalue weighted by molar-refractivity contribution is 5.04. The topological polar surface area (TPSA) is 49.5 Å². The van der Waals surface area contributed by atoms with Crippen molar-refractivity contribution in [3.63, 3.8) is 0 Å². The van der Waals surface area contributed by atoms with Gasteiger partial charge in [-0.2, -0.15) is 0 Å². The summed E-state index contributed by atoms with van der Waals surface area (Å²) in [5, 5.41) is 9.60. The maximum atomic E-state index is 9.60. The predicted octanol–water partition coefficient (Wildman–Crippen LogP) is 1.19. The molecule has 80 valence electrons. The van der Waals surface area contributed by atoms with Crippen molar-refractivity contribution in [3.8, 4) is 0 Å². The molecule has 1 aromatic heterocycles. The molecular weight excluding hydrogens is 180 g/mol. The van der Waals surface area contributed by atoms with Gasteiger partial charge in [0.15, 0.2) is 6.39 Å². The van der Waals surface area contributed by atoms with Gasteiger partial charge in [0.2, 0.25) is 0 Å². The molecule has 0 saturated heterocycles. The SMILES string of the molecule is Cc1ocnc1CN(C)CC(C)(C)O. The molecule has 0 bridgehead atoms. The van der Waals surface area contributed by atoms with Crippen LogP contribution in [-0.4, -0.2) is 34.2 Å². The predicted molar refractivity (Wildman–Crippen MR) is 53.9 cm³/mol. The summed E-state index contributed by atoms with van der Waals surface area (Å²) in [6.07, 6.45) is 1.45. The van der Waals surface area contributed by atoms with Crippen LogP contribution < -0.4 is 0 Å². The average Bonchev–Trinajstić information content (AvgIpc) is 2.32. The van der Waals surface area contributed by atoms with E-state index in [0.717, 1.165) is 11.5 Å². The Morgan fingerprint density at radius 1 is 1.57 bits per heavy atom. The van der Waals surface area contributed by atoms with Gasteiger partial charge in [0.1, 0.15) is 5.76 Å². The first-order valence-electron chi connectivity index (χ1n) is 4.68. The van der Waals surface area contributed by atoms with E-state index in [-0.39, 0.29) is 0 Å².